The zero-order chi connectivity index (χ0) is 15.1. The molecule has 1 aliphatic heterocycles. The highest BCUT2D eigenvalue weighted by Gasteiger charge is 2.17. The number of methoxy groups -OCH3 is 1. The number of esters is 1. The molecule has 5 heteroatoms. The molecule has 1 saturated heterocycles. The quantitative estimate of drug-likeness (QED) is 0.763. The Labute approximate surface area is 125 Å². The lowest BCUT2D eigenvalue weighted by Crippen LogP contribution is -2.46. The van der Waals surface area contributed by atoms with E-state index in [1.165, 1.54) is 12.7 Å². The molecule has 0 bridgehead atoms. The lowest BCUT2D eigenvalue weighted by Gasteiger charge is -2.34. The average molecular weight is 287 g/mol. The van der Waals surface area contributed by atoms with E-state index < -0.39 is 0 Å². The highest BCUT2D eigenvalue weighted by Crippen LogP contribution is 2.10. The van der Waals surface area contributed by atoms with Crippen LogP contribution in [0.4, 0.5) is 0 Å². The van der Waals surface area contributed by atoms with E-state index in [9.17, 15) is 4.79 Å². The molecule has 0 radical (unpaired) electrons. The minimum Gasteiger partial charge on any atom is -0.469 e. The third kappa shape index (κ3) is 4.85. The Kier molecular flexibility index (Phi) is 5.73. The van der Waals surface area contributed by atoms with Crippen molar-refractivity contribution in [3.05, 3.63) is 35.4 Å². The van der Waals surface area contributed by atoms with Crippen LogP contribution in [0, 0.1) is 11.3 Å². The third-order valence-corrected chi connectivity index (χ3v) is 3.79. The van der Waals surface area contributed by atoms with Gasteiger partial charge >= 0.3 is 5.97 Å². The molecule has 5 nitrogen and oxygen atoms in total. The van der Waals surface area contributed by atoms with Crippen molar-refractivity contribution in [3.63, 3.8) is 0 Å². The first-order valence-electron chi connectivity index (χ1n) is 7.22. The molecule has 0 N–H and O–H groups in total. The predicted octanol–water partition coefficient (Wildman–Crippen LogP) is 1.24. The second-order valence-corrected chi connectivity index (χ2v) is 5.26. The Morgan fingerprint density at radius 2 is 2.00 bits per heavy atom. The summed E-state index contributed by atoms with van der Waals surface area (Å²) < 4.78 is 4.66. The number of nitriles is 1. The minimum absolute atomic E-state index is 0.147. The molecule has 112 valence electrons. The lowest BCUT2D eigenvalue weighted by atomic mass is 10.1. The van der Waals surface area contributed by atoms with Gasteiger partial charge in [-0.2, -0.15) is 5.26 Å². The zero-order valence-corrected chi connectivity index (χ0v) is 12.4. The third-order valence-electron chi connectivity index (χ3n) is 3.79. The molecule has 1 fully saturated rings. The van der Waals surface area contributed by atoms with Gasteiger partial charge in [-0.3, -0.25) is 9.69 Å². The van der Waals surface area contributed by atoms with Crippen LogP contribution < -0.4 is 0 Å². The lowest BCUT2D eigenvalue weighted by molar-refractivity contribution is -0.141. The molecular weight excluding hydrogens is 266 g/mol. The summed E-state index contributed by atoms with van der Waals surface area (Å²) in [6, 6.07) is 9.94. The zero-order valence-electron chi connectivity index (χ0n) is 12.4. The maximum Gasteiger partial charge on any atom is 0.306 e. The second-order valence-electron chi connectivity index (χ2n) is 5.26. The molecule has 0 aliphatic carbocycles. The number of carbonyl (C=O) groups excluding carboxylic acids is 1. The van der Waals surface area contributed by atoms with Crippen LogP contribution in [0.1, 0.15) is 17.5 Å². The van der Waals surface area contributed by atoms with Gasteiger partial charge in [0.1, 0.15) is 0 Å². The van der Waals surface area contributed by atoms with E-state index in [-0.39, 0.29) is 5.97 Å². The number of hydrogen-bond acceptors (Lipinski definition) is 5. The maximum atomic E-state index is 11.1. The van der Waals surface area contributed by atoms with Gasteiger partial charge in [0.05, 0.1) is 25.2 Å². The van der Waals surface area contributed by atoms with Crippen LogP contribution in [-0.2, 0) is 16.1 Å². The number of piperazine rings is 1. The summed E-state index contributed by atoms with van der Waals surface area (Å²) in [4.78, 5) is 15.8. The molecule has 1 aliphatic rings. The molecule has 0 unspecified atom stereocenters. The van der Waals surface area contributed by atoms with Crippen molar-refractivity contribution in [2.75, 3.05) is 39.8 Å². The van der Waals surface area contributed by atoms with Crippen LogP contribution >= 0.6 is 0 Å². The van der Waals surface area contributed by atoms with Crippen LogP contribution in [0.25, 0.3) is 0 Å². The topological polar surface area (TPSA) is 56.6 Å². The van der Waals surface area contributed by atoms with Crippen LogP contribution in [0.3, 0.4) is 0 Å². The van der Waals surface area contributed by atoms with Crippen molar-refractivity contribution in [3.8, 4) is 6.07 Å². The van der Waals surface area contributed by atoms with Crippen LogP contribution in [0.15, 0.2) is 24.3 Å². The first-order chi connectivity index (χ1) is 10.2. The maximum absolute atomic E-state index is 11.1. The van der Waals surface area contributed by atoms with Gasteiger partial charge in [0, 0.05) is 39.3 Å². The van der Waals surface area contributed by atoms with Crippen LogP contribution in [0.2, 0.25) is 0 Å². The number of ether oxygens (including phenoxy) is 1. The van der Waals surface area contributed by atoms with Gasteiger partial charge < -0.3 is 9.64 Å². The summed E-state index contributed by atoms with van der Waals surface area (Å²) in [5.74, 6) is -0.147. The molecule has 1 aromatic rings. The van der Waals surface area contributed by atoms with Crippen molar-refractivity contribution in [2.45, 2.75) is 13.0 Å². The van der Waals surface area contributed by atoms with E-state index in [4.69, 9.17) is 5.26 Å². The van der Waals surface area contributed by atoms with Gasteiger partial charge in [0.25, 0.3) is 0 Å². The summed E-state index contributed by atoms with van der Waals surface area (Å²) in [5, 5.41) is 8.92. The fourth-order valence-electron chi connectivity index (χ4n) is 2.52. The van der Waals surface area contributed by atoms with E-state index in [0.29, 0.717) is 12.0 Å². The second kappa shape index (κ2) is 7.77. The van der Waals surface area contributed by atoms with Gasteiger partial charge in [-0.25, -0.2) is 0 Å². The molecule has 1 aromatic carbocycles. The highest BCUT2D eigenvalue weighted by molar-refractivity contribution is 5.69. The molecule has 21 heavy (non-hydrogen) atoms. The van der Waals surface area contributed by atoms with E-state index in [2.05, 4.69) is 26.7 Å². The predicted molar refractivity (Wildman–Crippen MR) is 79.5 cm³/mol. The van der Waals surface area contributed by atoms with E-state index in [0.717, 1.165) is 39.3 Å². The summed E-state index contributed by atoms with van der Waals surface area (Å²) in [5.41, 5.74) is 1.89. The fraction of sp³-hybridized carbons (Fsp3) is 0.500. The summed E-state index contributed by atoms with van der Waals surface area (Å²) >= 11 is 0. The normalized spacial score (nSPS) is 16.4. The molecule has 0 atom stereocenters. The molecule has 0 spiro atoms. The van der Waals surface area contributed by atoms with E-state index in [1.54, 1.807) is 0 Å². The molecule has 2 rings (SSSR count). The molecular formula is C16H21N3O2. The number of hydrogen-bond donors (Lipinski definition) is 0. The van der Waals surface area contributed by atoms with Gasteiger partial charge in [-0.1, -0.05) is 12.1 Å². The number of carbonyl (C=O) groups is 1. The fourth-order valence-corrected chi connectivity index (χ4v) is 2.52. The Hall–Kier alpha value is -1.90. The van der Waals surface area contributed by atoms with Crippen molar-refractivity contribution < 1.29 is 9.53 Å². The molecule has 0 saturated carbocycles. The van der Waals surface area contributed by atoms with Crippen molar-refractivity contribution >= 4 is 5.97 Å². The molecule has 1 heterocycles. The summed E-state index contributed by atoms with van der Waals surface area (Å²) in [6.45, 7) is 5.55. The largest absolute Gasteiger partial charge is 0.469 e. The smallest absolute Gasteiger partial charge is 0.306 e. The van der Waals surface area contributed by atoms with Gasteiger partial charge in [-0.05, 0) is 17.7 Å². The summed E-state index contributed by atoms with van der Waals surface area (Å²) in [7, 11) is 1.43. The molecule has 0 aromatic heterocycles. The van der Waals surface area contributed by atoms with Crippen molar-refractivity contribution in [1.29, 1.82) is 5.26 Å². The highest BCUT2D eigenvalue weighted by atomic mass is 16.5. The van der Waals surface area contributed by atoms with E-state index in [1.807, 2.05) is 18.2 Å². The van der Waals surface area contributed by atoms with Gasteiger partial charge in [-0.15, -0.1) is 0 Å². The minimum atomic E-state index is -0.147. The summed E-state index contributed by atoms with van der Waals surface area (Å²) in [6.07, 6.45) is 0.459. The van der Waals surface area contributed by atoms with Gasteiger partial charge in [0.2, 0.25) is 0 Å². The van der Waals surface area contributed by atoms with Crippen LogP contribution in [0.5, 0.6) is 0 Å². The first-order valence-corrected chi connectivity index (χ1v) is 7.22. The molecule has 0 amide bonds. The Balaban J connectivity index is 1.76. The number of rotatable bonds is 5. The number of benzene rings is 1. The Bertz CT molecular complexity index is 516. The first kappa shape index (κ1) is 15.5. The Morgan fingerprint density at radius 3 is 2.67 bits per heavy atom. The van der Waals surface area contributed by atoms with E-state index >= 15 is 0 Å². The standard InChI is InChI=1S/C16H21N3O2/c1-21-16(20)5-6-18-7-9-19(10-8-18)13-15-4-2-3-14(11-15)12-17/h2-4,11H,5-10,13H2,1H3. The SMILES string of the molecule is COC(=O)CCN1CCN(Cc2cccc(C#N)c2)CC1. The average Bonchev–Trinajstić information content (AvgIpc) is 2.54. The number of nitrogens with zero attached hydrogens (tertiary/aromatic N) is 3. The van der Waals surface area contributed by atoms with Gasteiger partial charge in [0.15, 0.2) is 0 Å². The Morgan fingerprint density at radius 1 is 1.29 bits per heavy atom. The van der Waals surface area contributed by atoms with Crippen LogP contribution in [-0.4, -0.2) is 55.6 Å². The monoisotopic (exact) mass is 287 g/mol. The van der Waals surface area contributed by atoms with Crippen molar-refractivity contribution in [2.24, 2.45) is 0 Å². The van der Waals surface area contributed by atoms with Crippen molar-refractivity contribution in [1.82, 2.24) is 9.80 Å².